The maximum Gasteiger partial charge on any atom is 0.192 e. The lowest BCUT2D eigenvalue weighted by atomic mass is 9.79. The second kappa shape index (κ2) is 8.03. The van der Waals surface area contributed by atoms with Gasteiger partial charge >= 0.3 is 0 Å². The van der Waals surface area contributed by atoms with Gasteiger partial charge < -0.3 is 9.88 Å². The van der Waals surface area contributed by atoms with Gasteiger partial charge in [0.1, 0.15) is 5.82 Å². The van der Waals surface area contributed by atoms with Gasteiger partial charge in [-0.25, -0.2) is 13.4 Å². The van der Waals surface area contributed by atoms with E-state index in [1.807, 2.05) is 13.8 Å². The smallest absolute Gasteiger partial charge is 0.192 e. The molecule has 0 fully saturated rings. The van der Waals surface area contributed by atoms with E-state index in [4.69, 9.17) is 0 Å². The molecule has 1 unspecified atom stereocenters. The molecule has 0 amide bonds. The van der Waals surface area contributed by atoms with E-state index in [-0.39, 0.29) is 28.9 Å². The minimum absolute atomic E-state index is 0.0512. The molecule has 1 aromatic heterocycles. The summed E-state index contributed by atoms with van der Waals surface area (Å²) in [6.45, 7) is 9.28. The molecule has 2 heterocycles. The van der Waals surface area contributed by atoms with Gasteiger partial charge in [0.25, 0.3) is 0 Å². The van der Waals surface area contributed by atoms with E-state index >= 15 is 0 Å². The number of carbonyl (C=O) groups excluding carboxylic acids is 2. The summed E-state index contributed by atoms with van der Waals surface area (Å²) in [6, 6.07) is 0. The molecular formula is C20H29N3O4S. The molecule has 28 heavy (non-hydrogen) atoms. The Labute approximate surface area is 166 Å². The van der Waals surface area contributed by atoms with Crippen molar-refractivity contribution in [2.45, 2.75) is 58.4 Å². The zero-order valence-corrected chi connectivity index (χ0v) is 18.4. The summed E-state index contributed by atoms with van der Waals surface area (Å²) in [7, 11) is -1.89. The Balaban J connectivity index is 2.76. The summed E-state index contributed by atoms with van der Waals surface area (Å²) in [6.07, 6.45) is 3.01. The fraction of sp³-hybridized carbons (Fsp3) is 0.550. The average molecular weight is 408 g/mol. The number of sulfone groups is 1. The molecule has 154 valence electrons. The Kier molecular flexibility index (Phi) is 6.33. The third-order valence-electron chi connectivity index (χ3n) is 4.90. The molecular weight excluding hydrogens is 378 g/mol. The molecule has 1 N–H and O–H groups in total. The molecule has 0 spiro atoms. The van der Waals surface area contributed by atoms with Crippen LogP contribution in [0.2, 0.25) is 0 Å². The van der Waals surface area contributed by atoms with Gasteiger partial charge in [0.15, 0.2) is 26.4 Å². The fourth-order valence-electron chi connectivity index (χ4n) is 3.68. The summed E-state index contributed by atoms with van der Waals surface area (Å²) in [5.41, 5.74) is 2.28. The minimum Gasteiger partial charge on any atom is -0.362 e. The van der Waals surface area contributed by atoms with E-state index in [9.17, 15) is 18.0 Å². The van der Waals surface area contributed by atoms with Crippen LogP contribution in [0, 0.1) is 5.92 Å². The van der Waals surface area contributed by atoms with E-state index in [1.165, 1.54) is 10.8 Å². The van der Waals surface area contributed by atoms with Gasteiger partial charge in [-0.15, -0.1) is 0 Å². The number of aromatic nitrogens is 2. The molecule has 0 saturated carbocycles. The van der Waals surface area contributed by atoms with Crippen LogP contribution < -0.4 is 5.32 Å². The van der Waals surface area contributed by atoms with E-state index in [0.717, 1.165) is 6.26 Å². The molecule has 0 radical (unpaired) electrons. The highest BCUT2D eigenvalue weighted by atomic mass is 32.2. The third-order valence-corrected chi connectivity index (χ3v) is 6.03. The summed E-state index contributed by atoms with van der Waals surface area (Å²) in [4.78, 5) is 30.2. The normalized spacial score (nSPS) is 17.9. The van der Waals surface area contributed by atoms with E-state index in [2.05, 4.69) is 10.3 Å². The van der Waals surface area contributed by atoms with Crippen molar-refractivity contribution in [2.75, 3.05) is 6.26 Å². The van der Waals surface area contributed by atoms with Crippen LogP contribution in [0.4, 0.5) is 0 Å². The van der Waals surface area contributed by atoms with Crippen LogP contribution in [0.1, 0.15) is 59.2 Å². The quantitative estimate of drug-likeness (QED) is 0.746. The predicted molar refractivity (Wildman–Crippen MR) is 107 cm³/mol. The first-order valence-electron chi connectivity index (χ1n) is 9.36. The number of nitrogens with zero attached hydrogens (tertiary/aromatic N) is 2. The number of dihydropyridines is 1. The van der Waals surface area contributed by atoms with Crippen molar-refractivity contribution in [1.29, 1.82) is 0 Å². The number of hydrogen-bond donors (Lipinski definition) is 1. The standard InChI is InChI=1S/C20H29N3O4S/c1-8-14(24)17-12(4)22-13(5)18(15(25)9-11(2)3)19(17)20-21-10-16(23(20)6)28(7,26)27/h10-11,19,22H,8-9H2,1-7H3. The lowest BCUT2D eigenvalue weighted by molar-refractivity contribution is -0.116. The van der Waals surface area contributed by atoms with Crippen molar-refractivity contribution in [2.24, 2.45) is 13.0 Å². The minimum atomic E-state index is -3.50. The molecule has 8 heteroatoms. The SMILES string of the molecule is CCC(=O)C1=C(C)NC(C)=C(C(=O)CC(C)C)C1c1ncc(S(C)(=O)=O)n1C. The molecule has 1 aliphatic heterocycles. The lowest BCUT2D eigenvalue weighted by Gasteiger charge is -2.31. The van der Waals surface area contributed by atoms with Crippen LogP contribution >= 0.6 is 0 Å². The molecule has 0 bridgehead atoms. The largest absolute Gasteiger partial charge is 0.362 e. The third kappa shape index (κ3) is 4.11. The summed E-state index contributed by atoms with van der Waals surface area (Å²) in [5, 5.41) is 3.22. The Hall–Kier alpha value is -2.22. The van der Waals surface area contributed by atoms with Crippen molar-refractivity contribution in [3.05, 3.63) is 34.6 Å². The van der Waals surface area contributed by atoms with Gasteiger partial charge in [-0.2, -0.15) is 0 Å². The van der Waals surface area contributed by atoms with Crippen molar-refractivity contribution in [1.82, 2.24) is 14.9 Å². The summed E-state index contributed by atoms with van der Waals surface area (Å²) >= 11 is 0. The van der Waals surface area contributed by atoms with Gasteiger partial charge in [-0.3, -0.25) is 9.59 Å². The number of nitrogens with one attached hydrogen (secondary N) is 1. The Morgan fingerprint density at radius 3 is 2.14 bits per heavy atom. The van der Waals surface area contributed by atoms with Crippen LogP contribution in [-0.2, 0) is 26.5 Å². The van der Waals surface area contributed by atoms with E-state index < -0.39 is 15.8 Å². The van der Waals surface area contributed by atoms with Gasteiger partial charge in [-0.05, 0) is 19.8 Å². The first-order valence-corrected chi connectivity index (χ1v) is 11.3. The maximum atomic E-state index is 13.1. The van der Waals surface area contributed by atoms with Gasteiger partial charge in [-0.1, -0.05) is 20.8 Å². The summed E-state index contributed by atoms with van der Waals surface area (Å²) in [5.74, 6) is -0.326. The number of hydrogen-bond acceptors (Lipinski definition) is 6. The van der Waals surface area contributed by atoms with Crippen molar-refractivity contribution in [3.63, 3.8) is 0 Å². The van der Waals surface area contributed by atoms with E-state index in [0.29, 0.717) is 34.8 Å². The Morgan fingerprint density at radius 1 is 1.18 bits per heavy atom. The van der Waals surface area contributed by atoms with Crippen LogP contribution in [0.5, 0.6) is 0 Å². The second-order valence-electron chi connectivity index (χ2n) is 7.72. The first kappa shape index (κ1) is 22.1. The number of Topliss-reactive ketones (excluding diaryl/α,β-unsaturated/α-hetero) is 2. The molecule has 0 aliphatic carbocycles. The van der Waals surface area contributed by atoms with Crippen LogP contribution in [0.25, 0.3) is 0 Å². The average Bonchev–Trinajstić information content (AvgIpc) is 2.94. The maximum absolute atomic E-state index is 13.1. The first-order chi connectivity index (χ1) is 12.9. The highest BCUT2D eigenvalue weighted by molar-refractivity contribution is 7.90. The Bertz CT molecular complexity index is 981. The monoisotopic (exact) mass is 407 g/mol. The Morgan fingerprint density at radius 2 is 1.71 bits per heavy atom. The van der Waals surface area contributed by atoms with Crippen molar-refractivity contribution >= 4 is 21.4 Å². The molecule has 7 nitrogen and oxygen atoms in total. The molecule has 1 aromatic rings. The van der Waals surface area contributed by atoms with Crippen molar-refractivity contribution < 1.29 is 18.0 Å². The zero-order valence-electron chi connectivity index (χ0n) is 17.6. The topological polar surface area (TPSA) is 98.1 Å². The second-order valence-corrected chi connectivity index (χ2v) is 9.68. The number of carbonyl (C=O) groups is 2. The highest BCUT2D eigenvalue weighted by Gasteiger charge is 2.38. The number of rotatable bonds is 7. The number of ketones is 2. The van der Waals surface area contributed by atoms with Crippen LogP contribution in [0.3, 0.4) is 0 Å². The molecule has 1 atom stereocenters. The zero-order chi connectivity index (χ0) is 21.4. The van der Waals surface area contributed by atoms with Gasteiger partial charge in [0, 0.05) is 48.7 Å². The number of allylic oxidation sites excluding steroid dienone is 4. The molecule has 2 rings (SSSR count). The highest BCUT2D eigenvalue weighted by Crippen LogP contribution is 2.39. The van der Waals surface area contributed by atoms with Crippen LogP contribution in [0.15, 0.2) is 33.8 Å². The predicted octanol–water partition coefficient (Wildman–Crippen LogP) is 2.65. The summed E-state index contributed by atoms with van der Waals surface area (Å²) < 4.78 is 25.6. The number of imidazole rings is 1. The van der Waals surface area contributed by atoms with Gasteiger partial charge in [0.2, 0.25) is 0 Å². The molecule has 0 aromatic carbocycles. The van der Waals surface area contributed by atoms with Gasteiger partial charge in [0.05, 0.1) is 12.1 Å². The van der Waals surface area contributed by atoms with Crippen LogP contribution in [-0.4, -0.2) is 35.8 Å². The lowest BCUT2D eigenvalue weighted by Crippen LogP contribution is -2.32. The van der Waals surface area contributed by atoms with Crippen molar-refractivity contribution in [3.8, 4) is 0 Å². The van der Waals surface area contributed by atoms with E-state index in [1.54, 1.807) is 27.8 Å². The molecule has 1 aliphatic rings. The molecule has 0 saturated heterocycles. The fourth-order valence-corrected chi connectivity index (χ4v) is 4.52.